The third kappa shape index (κ3) is 3.77. The number of nitrogens with zero attached hydrogens (tertiary/aromatic N) is 4. The maximum atomic E-state index is 5.61. The minimum Gasteiger partial charge on any atom is -0.424 e. The Morgan fingerprint density at radius 2 is 1.80 bits per heavy atom. The zero-order valence-corrected chi connectivity index (χ0v) is 15.2. The van der Waals surface area contributed by atoms with Crippen molar-refractivity contribution in [2.75, 3.05) is 19.6 Å². The number of benzene rings is 1. The molecule has 1 spiro atoms. The van der Waals surface area contributed by atoms with Crippen molar-refractivity contribution in [2.45, 2.75) is 57.7 Å². The van der Waals surface area contributed by atoms with Crippen LogP contribution < -0.4 is 0 Å². The van der Waals surface area contributed by atoms with Gasteiger partial charge in [0, 0.05) is 38.6 Å². The van der Waals surface area contributed by atoms with Gasteiger partial charge in [-0.05, 0) is 18.4 Å². The Hall–Kier alpha value is -1.72. The molecule has 1 saturated heterocycles. The van der Waals surface area contributed by atoms with E-state index in [1.54, 1.807) is 0 Å². The van der Waals surface area contributed by atoms with Crippen molar-refractivity contribution in [1.29, 1.82) is 0 Å². The lowest BCUT2D eigenvalue weighted by Gasteiger charge is -2.53. The number of hydrogen-bond donors (Lipinski definition) is 0. The van der Waals surface area contributed by atoms with Gasteiger partial charge in [-0.15, -0.1) is 10.2 Å². The lowest BCUT2D eigenvalue weighted by atomic mass is 9.78. The van der Waals surface area contributed by atoms with E-state index in [4.69, 9.17) is 4.42 Å². The van der Waals surface area contributed by atoms with E-state index < -0.39 is 0 Å². The second kappa shape index (κ2) is 7.26. The first-order chi connectivity index (χ1) is 12.2. The van der Waals surface area contributed by atoms with E-state index >= 15 is 0 Å². The van der Waals surface area contributed by atoms with Crippen LogP contribution in [0.5, 0.6) is 0 Å². The molecule has 134 valence electrons. The van der Waals surface area contributed by atoms with Crippen LogP contribution in [-0.4, -0.2) is 45.2 Å². The smallest absolute Gasteiger partial charge is 0.230 e. The Kier molecular flexibility index (Phi) is 4.86. The van der Waals surface area contributed by atoms with E-state index in [1.165, 1.54) is 37.7 Å². The van der Waals surface area contributed by atoms with E-state index in [2.05, 4.69) is 50.3 Å². The van der Waals surface area contributed by atoms with Gasteiger partial charge in [0.1, 0.15) is 0 Å². The summed E-state index contributed by atoms with van der Waals surface area (Å²) in [6, 6.07) is 10.9. The molecule has 0 bridgehead atoms. The first-order valence-corrected chi connectivity index (χ1v) is 9.54. The average Bonchev–Trinajstić information content (AvgIpc) is 3.04. The zero-order valence-electron chi connectivity index (χ0n) is 15.2. The molecular formula is C20H28N4O. The molecular weight excluding hydrogens is 312 g/mol. The molecule has 0 unspecified atom stereocenters. The van der Waals surface area contributed by atoms with Crippen LogP contribution in [0, 0.1) is 6.92 Å². The highest BCUT2D eigenvalue weighted by Gasteiger charge is 2.42. The Labute approximate surface area is 150 Å². The van der Waals surface area contributed by atoms with Crippen LogP contribution >= 0.6 is 0 Å². The van der Waals surface area contributed by atoms with Gasteiger partial charge < -0.3 is 4.42 Å². The molecule has 2 heterocycles. The van der Waals surface area contributed by atoms with Gasteiger partial charge >= 0.3 is 0 Å². The minimum absolute atomic E-state index is 0.307. The van der Waals surface area contributed by atoms with Gasteiger partial charge in [0.2, 0.25) is 11.8 Å². The SMILES string of the molecule is Cc1nnc(CN2CCN(Cc3ccccc3)C3(CCCCC3)C2)o1. The molecule has 5 nitrogen and oxygen atoms in total. The fraction of sp³-hybridized carbons (Fsp3) is 0.600. The van der Waals surface area contributed by atoms with E-state index in [0.717, 1.165) is 38.6 Å². The van der Waals surface area contributed by atoms with Gasteiger partial charge in [0.25, 0.3) is 0 Å². The third-order valence-corrected chi connectivity index (χ3v) is 5.80. The average molecular weight is 340 g/mol. The highest BCUT2D eigenvalue weighted by atomic mass is 16.4. The first kappa shape index (κ1) is 16.7. The van der Waals surface area contributed by atoms with E-state index in [-0.39, 0.29) is 0 Å². The maximum absolute atomic E-state index is 5.61. The molecule has 25 heavy (non-hydrogen) atoms. The van der Waals surface area contributed by atoms with Crippen molar-refractivity contribution >= 4 is 0 Å². The van der Waals surface area contributed by atoms with E-state index in [0.29, 0.717) is 11.4 Å². The minimum atomic E-state index is 0.307. The monoisotopic (exact) mass is 340 g/mol. The molecule has 0 amide bonds. The van der Waals surface area contributed by atoms with Crippen molar-refractivity contribution < 1.29 is 4.42 Å². The third-order valence-electron chi connectivity index (χ3n) is 5.80. The van der Waals surface area contributed by atoms with Gasteiger partial charge in [-0.3, -0.25) is 9.80 Å². The number of aromatic nitrogens is 2. The molecule has 1 saturated carbocycles. The summed E-state index contributed by atoms with van der Waals surface area (Å²) in [5.41, 5.74) is 1.73. The van der Waals surface area contributed by atoms with Gasteiger partial charge in [0.05, 0.1) is 6.54 Å². The summed E-state index contributed by atoms with van der Waals surface area (Å²) in [6.07, 6.45) is 6.68. The fourth-order valence-corrected chi connectivity index (χ4v) is 4.56. The largest absolute Gasteiger partial charge is 0.424 e. The predicted molar refractivity (Wildman–Crippen MR) is 97.0 cm³/mol. The lowest BCUT2D eigenvalue weighted by molar-refractivity contribution is -0.0372. The first-order valence-electron chi connectivity index (χ1n) is 9.54. The maximum Gasteiger partial charge on any atom is 0.230 e. The predicted octanol–water partition coefficient (Wildman–Crippen LogP) is 3.40. The molecule has 1 aromatic heterocycles. The summed E-state index contributed by atoms with van der Waals surface area (Å²) in [4.78, 5) is 5.26. The molecule has 0 radical (unpaired) electrons. The summed E-state index contributed by atoms with van der Waals surface area (Å²) < 4.78 is 5.61. The summed E-state index contributed by atoms with van der Waals surface area (Å²) in [5.74, 6) is 1.41. The number of aryl methyl sites for hydroxylation is 1. The Morgan fingerprint density at radius 1 is 1.00 bits per heavy atom. The van der Waals surface area contributed by atoms with Crippen LogP contribution in [0.25, 0.3) is 0 Å². The van der Waals surface area contributed by atoms with Crippen molar-refractivity contribution in [2.24, 2.45) is 0 Å². The van der Waals surface area contributed by atoms with Crippen molar-refractivity contribution in [3.05, 3.63) is 47.7 Å². The Balaban J connectivity index is 1.49. The van der Waals surface area contributed by atoms with E-state index in [1.807, 2.05) is 6.92 Å². The zero-order chi connectivity index (χ0) is 17.1. The highest BCUT2D eigenvalue weighted by Crippen LogP contribution is 2.37. The van der Waals surface area contributed by atoms with Crippen molar-refractivity contribution in [3.8, 4) is 0 Å². The molecule has 0 atom stereocenters. The van der Waals surface area contributed by atoms with Crippen molar-refractivity contribution in [1.82, 2.24) is 20.0 Å². The Bertz CT molecular complexity index is 678. The van der Waals surface area contributed by atoms with Crippen LogP contribution in [-0.2, 0) is 13.1 Å². The van der Waals surface area contributed by atoms with Gasteiger partial charge in [-0.1, -0.05) is 49.6 Å². The lowest BCUT2D eigenvalue weighted by Crippen LogP contribution is -2.62. The molecule has 2 aliphatic rings. The molecule has 1 aliphatic heterocycles. The van der Waals surface area contributed by atoms with Gasteiger partial charge in [-0.2, -0.15) is 0 Å². The molecule has 2 aromatic rings. The van der Waals surface area contributed by atoms with Crippen LogP contribution in [0.3, 0.4) is 0 Å². The van der Waals surface area contributed by atoms with Crippen LogP contribution in [0.1, 0.15) is 49.4 Å². The topological polar surface area (TPSA) is 45.4 Å². The Morgan fingerprint density at radius 3 is 2.52 bits per heavy atom. The van der Waals surface area contributed by atoms with Gasteiger partial charge in [-0.25, -0.2) is 0 Å². The number of hydrogen-bond acceptors (Lipinski definition) is 5. The molecule has 1 aromatic carbocycles. The molecule has 5 heteroatoms. The second-order valence-electron chi connectivity index (χ2n) is 7.62. The summed E-state index contributed by atoms with van der Waals surface area (Å²) >= 11 is 0. The van der Waals surface area contributed by atoms with E-state index in [9.17, 15) is 0 Å². The quantitative estimate of drug-likeness (QED) is 0.853. The highest BCUT2D eigenvalue weighted by molar-refractivity contribution is 5.15. The second-order valence-corrected chi connectivity index (χ2v) is 7.62. The summed E-state index contributed by atoms with van der Waals surface area (Å²) in [7, 11) is 0. The van der Waals surface area contributed by atoms with Crippen LogP contribution in [0.4, 0.5) is 0 Å². The molecule has 1 aliphatic carbocycles. The van der Waals surface area contributed by atoms with Crippen molar-refractivity contribution in [3.63, 3.8) is 0 Å². The van der Waals surface area contributed by atoms with Crippen LogP contribution in [0.15, 0.2) is 34.7 Å². The molecule has 2 fully saturated rings. The molecule has 4 rings (SSSR count). The van der Waals surface area contributed by atoms with Crippen LogP contribution in [0.2, 0.25) is 0 Å². The molecule has 0 N–H and O–H groups in total. The number of piperazine rings is 1. The number of rotatable bonds is 4. The standard InChI is InChI=1S/C20H28N4O/c1-17-21-22-19(25-17)15-23-12-13-24(14-18-8-4-2-5-9-18)20(16-23)10-6-3-7-11-20/h2,4-5,8-9H,3,6-7,10-16H2,1H3. The normalized spacial score (nSPS) is 21.6. The fourth-order valence-electron chi connectivity index (χ4n) is 4.56. The summed E-state index contributed by atoms with van der Waals surface area (Å²) in [5, 5.41) is 8.16. The van der Waals surface area contributed by atoms with Gasteiger partial charge in [0.15, 0.2) is 0 Å². The summed E-state index contributed by atoms with van der Waals surface area (Å²) in [6.45, 7) is 6.99.